The third-order valence-corrected chi connectivity index (χ3v) is 11.6. The van der Waals surface area contributed by atoms with Crippen LogP contribution in [0.1, 0.15) is 90.3 Å². The standard InChI is InChI=1S/C51H47N9/c1-49(2,3)29-15-20-34-38(25-29)47-56-42(34)54-45-37-24-28(13-18-32-12-10-11-23-52-32)14-19-33(37)41(53-45)55-46-39-26-30(50(4,5)6)16-21-35(39)43(57-46)59-48-40-27-31(51(7,8)9)17-22-36(40)44(58-47)60-48/h10-27H,1-9H3,(H2,53,54,55,56,57,58,59,60)/b18-13+. The average Bonchev–Trinajstić information content (AvgIpc) is 3.94. The highest BCUT2D eigenvalue weighted by atomic mass is 15.1. The number of pyridine rings is 1. The number of rotatable bonds is 2. The Morgan fingerprint density at radius 2 is 0.850 bits per heavy atom. The Morgan fingerprint density at radius 3 is 1.35 bits per heavy atom. The molecule has 0 amide bonds. The van der Waals surface area contributed by atoms with Gasteiger partial charge in [0.05, 0.1) is 5.69 Å². The van der Waals surface area contributed by atoms with Gasteiger partial charge in [-0.25, -0.2) is 29.9 Å². The van der Waals surface area contributed by atoms with E-state index in [-0.39, 0.29) is 16.2 Å². The lowest BCUT2D eigenvalue weighted by Gasteiger charge is -2.19. The minimum Gasteiger partial charge on any atom is -0.324 e. The molecule has 0 aliphatic carbocycles. The van der Waals surface area contributed by atoms with Crippen LogP contribution in [-0.2, 0) is 16.2 Å². The zero-order chi connectivity index (χ0) is 41.7. The molecule has 2 aliphatic heterocycles. The molecular weight excluding hydrogens is 739 g/mol. The van der Waals surface area contributed by atoms with Crippen LogP contribution in [0.3, 0.4) is 0 Å². The van der Waals surface area contributed by atoms with Gasteiger partial charge in [0.2, 0.25) is 0 Å². The summed E-state index contributed by atoms with van der Waals surface area (Å²) in [4.78, 5) is 43.4. The van der Waals surface area contributed by atoms with E-state index in [2.05, 4.69) is 156 Å². The molecule has 4 aromatic heterocycles. The molecule has 6 heterocycles. The maximum Gasteiger partial charge on any atom is 0.164 e. The molecule has 0 fully saturated rings. The first-order valence-corrected chi connectivity index (χ1v) is 20.6. The fraction of sp³-hybridized carbons (Fsp3) is 0.235. The summed E-state index contributed by atoms with van der Waals surface area (Å²) in [7, 11) is 0. The lowest BCUT2D eigenvalue weighted by molar-refractivity contribution is 0.590. The van der Waals surface area contributed by atoms with Crippen molar-refractivity contribution in [2.75, 3.05) is 0 Å². The van der Waals surface area contributed by atoms with Crippen LogP contribution in [-0.4, -0.2) is 44.9 Å². The summed E-state index contributed by atoms with van der Waals surface area (Å²) < 4.78 is 0. The number of fused-ring (bicyclic) bond motifs is 20. The van der Waals surface area contributed by atoms with Crippen molar-refractivity contribution < 1.29 is 0 Å². The molecule has 0 saturated heterocycles. The van der Waals surface area contributed by atoms with Crippen LogP contribution >= 0.6 is 0 Å². The molecule has 0 atom stereocenters. The largest absolute Gasteiger partial charge is 0.324 e. The third-order valence-electron chi connectivity index (χ3n) is 11.6. The van der Waals surface area contributed by atoms with E-state index in [9.17, 15) is 0 Å². The van der Waals surface area contributed by atoms with Gasteiger partial charge < -0.3 is 9.97 Å². The highest BCUT2D eigenvalue weighted by Crippen LogP contribution is 2.40. The fourth-order valence-electron chi connectivity index (χ4n) is 7.97. The summed E-state index contributed by atoms with van der Waals surface area (Å²) in [5, 5.41) is 3.75. The second kappa shape index (κ2) is 13.3. The van der Waals surface area contributed by atoms with Crippen molar-refractivity contribution >= 4 is 56.3 Å². The molecule has 0 spiro atoms. The van der Waals surface area contributed by atoms with Gasteiger partial charge in [0.1, 0.15) is 22.6 Å². The molecule has 2 N–H and O–H groups in total. The molecule has 8 bridgehead atoms. The van der Waals surface area contributed by atoms with E-state index < -0.39 is 0 Å². The molecule has 8 aromatic rings. The first-order valence-electron chi connectivity index (χ1n) is 20.6. The second-order valence-corrected chi connectivity index (χ2v) is 19.0. The van der Waals surface area contributed by atoms with Gasteiger partial charge in [-0.15, -0.1) is 0 Å². The monoisotopic (exact) mass is 785 g/mol. The molecule has 10 rings (SSSR count). The van der Waals surface area contributed by atoms with E-state index in [1.807, 2.05) is 24.3 Å². The van der Waals surface area contributed by atoms with Crippen LogP contribution < -0.4 is 0 Å². The second-order valence-electron chi connectivity index (χ2n) is 19.0. The Labute approximate surface area is 349 Å². The Morgan fingerprint density at radius 1 is 0.400 bits per heavy atom. The number of nitrogens with one attached hydrogen (secondary N) is 2. The van der Waals surface area contributed by atoms with Crippen molar-refractivity contribution in [1.82, 2.24) is 44.9 Å². The molecule has 0 radical (unpaired) electrons. The number of benzene rings is 4. The van der Waals surface area contributed by atoms with Crippen molar-refractivity contribution in [2.24, 2.45) is 0 Å². The maximum absolute atomic E-state index is 5.32. The van der Waals surface area contributed by atoms with E-state index in [1.165, 1.54) is 16.7 Å². The Balaban J connectivity index is 1.34. The molecule has 9 heteroatoms. The van der Waals surface area contributed by atoms with Crippen molar-refractivity contribution in [3.05, 3.63) is 125 Å². The van der Waals surface area contributed by atoms with E-state index >= 15 is 0 Å². The maximum atomic E-state index is 5.32. The van der Waals surface area contributed by atoms with Gasteiger partial charge in [-0.05, 0) is 87.0 Å². The SMILES string of the molecule is CC(C)(C)c1ccc2c(c1)-c1nc-2nc2[nH]c(nc3nc(nc4[nH]c(n1)c1ccc(/C=C/c5ccccn5)cc41)-c1ccc(C(C)(C)C)cc1-3)c1ccc(C(C)(C)C)cc21. The molecule has 2 aliphatic rings. The zero-order valence-corrected chi connectivity index (χ0v) is 35.5. The quantitative estimate of drug-likeness (QED) is 0.179. The predicted octanol–water partition coefficient (Wildman–Crippen LogP) is 12.3. The predicted molar refractivity (Wildman–Crippen MR) is 245 cm³/mol. The highest BCUT2D eigenvalue weighted by molar-refractivity contribution is 6.07. The minimum atomic E-state index is -0.0866. The van der Waals surface area contributed by atoms with Crippen LogP contribution in [0.5, 0.6) is 0 Å². The summed E-state index contributed by atoms with van der Waals surface area (Å²) >= 11 is 0. The van der Waals surface area contributed by atoms with Gasteiger partial charge in [-0.2, -0.15) is 0 Å². The summed E-state index contributed by atoms with van der Waals surface area (Å²) in [6.07, 6.45) is 5.88. The normalized spacial score (nSPS) is 13.0. The summed E-state index contributed by atoms with van der Waals surface area (Å²) in [6, 6.07) is 31.8. The van der Waals surface area contributed by atoms with Crippen molar-refractivity contribution in [1.29, 1.82) is 0 Å². The number of H-pyrrole nitrogens is 2. The Hall–Kier alpha value is -6.87. The van der Waals surface area contributed by atoms with Crippen molar-refractivity contribution in [3.63, 3.8) is 0 Å². The number of nitrogens with zero attached hydrogens (tertiary/aromatic N) is 7. The summed E-state index contributed by atoms with van der Waals surface area (Å²) in [5.41, 5.74) is 11.6. The molecule has 0 saturated carbocycles. The van der Waals surface area contributed by atoms with E-state index in [1.54, 1.807) is 6.20 Å². The first kappa shape index (κ1) is 37.4. The van der Waals surface area contributed by atoms with Crippen molar-refractivity contribution in [2.45, 2.75) is 78.6 Å². The minimum absolute atomic E-state index is 0.0766. The van der Waals surface area contributed by atoms with Crippen LogP contribution in [0.4, 0.5) is 0 Å². The molecule has 0 unspecified atom stereocenters. The van der Waals surface area contributed by atoms with E-state index in [0.717, 1.165) is 55.1 Å². The van der Waals surface area contributed by atoms with Gasteiger partial charge in [-0.1, -0.05) is 117 Å². The number of aromatic amines is 2. The lowest BCUT2D eigenvalue weighted by atomic mass is 9.85. The van der Waals surface area contributed by atoms with Gasteiger partial charge in [0.25, 0.3) is 0 Å². The topological polar surface area (TPSA) is 122 Å². The van der Waals surface area contributed by atoms with Crippen LogP contribution in [0, 0.1) is 0 Å². The molecule has 60 heavy (non-hydrogen) atoms. The molecule has 9 nitrogen and oxygen atoms in total. The molecular formula is C51H47N9. The summed E-state index contributed by atoms with van der Waals surface area (Å²) in [6.45, 7) is 20.0. The average molecular weight is 786 g/mol. The molecule has 4 aromatic carbocycles. The highest BCUT2D eigenvalue weighted by Gasteiger charge is 2.26. The van der Waals surface area contributed by atoms with E-state index in [4.69, 9.17) is 29.9 Å². The number of hydrogen-bond donors (Lipinski definition) is 2. The van der Waals surface area contributed by atoms with Gasteiger partial charge in [-0.3, -0.25) is 4.98 Å². The Bertz CT molecular complexity index is 3240. The zero-order valence-electron chi connectivity index (χ0n) is 35.5. The van der Waals surface area contributed by atoms with Gasteiger partial charge in [0.15, 0.2) is 23.3 Å². The van der Waals surface area contributed by atoms with Gasteiger partial charge >= 0.3 is 0 Å². The van der Waals surface area contributed by atoms with Crippen LogP contribution in [0.15, 0.2) is 97.2 Å². The lowest BCUT2D eigenvalue weighted by Crippen LogP contribution is -2.10. The van der Waals surface area contributed by atoms with Crippen LogP contribution in [0.2, 0.25) is 0 Å². The Kier molecular flexibility index (Phi) is 8.31. The van der Waals surface area contributed by atoms with E-state index in [0.29, 0.717) is 45.9 Å². The number of aromatic nitrogens is 9. The third kappa shape index (κ3) is 6.54. The smallest absolute Gasteiger partial charge is 0.164 e. The number of hydrogen-bond acceptors (Lipinski definition) is 7. The van der Waals surface area contributed by atoms with Crippen LogP contribution in [0.25, 0.3) is 102 Å². The summed E-state index contributed by atoms with van der Waals surface area (Å²) in [5.74, 6) is 2.33. The first-order chi connectivity index (χ1) is 28.6. The van der Waals surface area contributed by atoms with Crippen molar-refractivity contribution in [3.8, 4) is 45.6 Å². The fourth-order valence-corrected chi connectivity index (χ4v) is 7.97. The van der Waals surface area contributed by atoms with Gasteiger partial charge in [0, 0.05) is 50.0 Å². The molecule has 296 valence electrons.